The third kappa shape index (κ3) is 3.05. The number of hydrogen-bond donors (Lipinski definition) is 1. The summed E-state index contributed by atoms with van der Waals surface area (Å²) < 4.78 is 13.8. The molecule has 2 saturated heterocycles. The van der Waals surface area contributed by atoms with Gasteiger partial charge in [0.15, 0.2) is 0 Å². The Morgan fingerprint density at radius 3 is 2.70 bits per heavy atom. The fraction of sp³-hybridized carbons (Fsp3) is 0.500. The molecule has 2 atom stereocenters. The van der Waals surface area contributed by atoms with Gasteiger partial charge in [-0.1, -0.05) is 17.7 Å². The molecule has 0 radical (unpaired) electrons. The van der Waals surface area contributed by atoms with Crippen LogP contribution in [-0.2, 0) is 9.59 Å². The van der Waals surface area contributed by atoms with Crippen molar-refractivity contribution in [1.82, 2.24) is 15.1 Å². The van der Waals surface area contributed by atoms with E-state index < -0.39 is 17.8 Å². The van der Waals surface area contributed by atoms with Crippen LogP contribution in [0.3, 0.4) is 0 Å². The van der Waals surface area contributed by atoms with E-state index >= 15 is 0 Å². The van der Waals surface area contributed by atoms with Crippen LogP contribution in [0, 0.1) is 11.7 Å². The second-order valence-electron chi connectivity index (χ2n) is 6.01. The van der Waals surface area contributed by atoms with Gasteiger partial charge in [-0.05, 0) is 17.7 Å². The zero-order valence-corrected chi connectivity index (χ0v) is 13.6. The molecule has 0 aliphatic carbocycles. The molecule has 2 heterocycles. The molecule has 0 saturated carbocycles. The molecule has 124 valence electrons. The summed E-state index contributed by atoms with van der Waals surface area (Å²) in [6, 6.07) is 4.02. The molecule has 5 nitrogen and oxygen atoms in total. The first-order valence-electron chi connectivity index (χ1n) is 7.69. The number of nitrogens with one attached hydrogen (secondary N) is 1. The largest absolute Gasteiger partial charge is 0.340 e. The van der Waals surface area contributed by atoms with E-state index in [0.717, 1.165) is 13.1 Å². The summed E-state index contributed by atoms with van der Waals surface area (Å²) in [4.78, 5) is 28.3. The molecule has 7 heteroatoms. The minimum Gasteiger partial charge on any atom is -0.340 e. The molecule has 2 aliphatic heterocycles. The number of benzene rings is 1. The highest BCUT2D eigenvalue weighted by Crippen LogP contribution is 2.39. The van der Waals surface area contributed by atoms with Crippen molar-refractivity contribution >= 4 is 23.4 Å². The third-order valence-electron chi connectivity index (χ3n) is 4.62. The quantitative estimate of drug-likeness (QED) is 0.887. The zero-order chi connectivity index (χ0) is 16.6. The van der Waals surface area contributed by atoms with E-state index in [1.165, 1.54) is 17.0 Å². The van der Waals surface area contributed by atoms with Gasteiger partial charge in [0.2, 0.25) is 11.8 Å². The highest BCUT2D eigenvalue weighted by Gasteiger charge is 2.44. The van der Waals surface area contributed by atoms with Crippen LogP contribution in [0.5, 0.6) is 0 Å². The van der Waals surface area contributed by atoms with Crippen molar-refractivity contribution in [2.24, 2.45) is 5.92 Å². The molecule has 23 heavy (non-hydrogen) atoms. The molecule has 2 fully saturated rings. The van der Waals surface area contributed by atoms with E-state index in [9.17, 15) is 14.0 Å². The maximum atomic E-state index is 13.8. The van der Waals surface area contributed by atoms with Crippen LogP contribution in [0.4, 0.5) is 4.39 Å². The molecule has 0 spiro atoms. The van der Waals surface area contributed by atoms with Gasteiger partial charge in [0.25, 0.3) is 0 Å². The van der Waals surface area contributed by atoms with Gasteiger partial charge >= 0.3 is 0 Å². The molecule has 1 aromatic carbocycles. The van der Waals surface area contributed by atoms with E-state index in [0.29, 0.717) is 18.7 Å². The standard InChI is InChI=1S/C16H19ClFN3O2/c1-20-14(22)9-11(16(23)21-6-4-19-5-7-21)15(20)10-2-3-12(17)13(18)8-10/h2-3,8,11,15,19H,4-7,9H2,1H3/t11-,15+/m0/s1. The Kier molecular flexibility index (Phi) is 4.55. The third-order valence-corrected chi connectivity index (χ3v) is 4.92. The average Bonchev–Trinajstić information content (AvgIpc) is 2.86. The molecular weight excluding hydrogens is 321 g/mol. The van der Waals surface area contributed by atoms with E-state index in [2.05, 4.69) is 5.32 Å². The van der Waals surface area contributed by atoms with Crippen LogP contribution in [0.1, 0.15) is 18.0 Å². The number of amides is 2. The molecule has 3 rings (SSSR count). The number of piperazine rings is 1. The number of carbonyl (C=O) groups is 2. The Hall–Kier alpha value is -1.66. The number of likely N-dealkylation sites (tertiary alicyclic amines) is 1. The lowest BCUT2D eigenvalue weighted by Gasteiger charge is -2.32. The highest BCUT2D eigenvalue weighted by molar-refractivity contribution is 6.30. The van der Waals surface area contributed by atoms with Crippen molar-refractivity contribution in [2.45, 2.75) is 12.5 Å². The molecule has 2 amide bonds. The van der Waals surface area contributed by atoms with E-state index in [-0.39, 0.29) is 23.3 Å². The van der Waals surface area contributed by atoms with Gasteiger partial charge in [-0.15, -0.1) is 0 Å². The fourth-order valence-electron chi connectivity index (χ4n) is 3.36. The van der Waals surface area contributed by atoms with E-state index in [1.807, 2.05) is 0 Å². The van der Waals surface area contributed by atoms with Crippen LogP contribution < -0.4 is 5.32 Å². The van der Waals surface area contributed by atoms with Crippen molar-refractivity contribution in [2.75, 3.05) is 33.2 Å². The van der Waals surface area contributed by atoms with Gasteiger partial charge in [0.1, 0.15) is 5.82 Å². The second kappa shape index (κ2) is 6.45. The second-order valence-corrected chi connectivity index (χ2v) is 6.42. The van der Waals surface area contributed by atoms with Gasteiger partial charge in [0, 0.05) is 39.6 Å². The van der Waals surface area contributed by atoms with Crippen molar-refractivity contribution < 1.29 is 14.0 Å². The van der Waals surface area contributed by atoms with Crippen LogP contribution >= 0.6 is 11.6 Å². The number of carbonyl (C=O) groups excluding carboxylic acids is 2. The zero-order valence-electron chi connectivity index (χ0n) is 12.9. The molecule has 1 N–H and O–H groups in total. The van der Waals surface area contributed by atoms with Gasteiger partial charge < -0.3 is 15.1 Å². The van der Waals surface area contributed by atoms with Gasteiger partial charge in [-0.3, -0.25) is 9.59 Å². The molecular formula is C16H19ClFN3O2. The van der Waals surface area contributed by atoms with E-state index in [1.54, 1.807) is 18.0 Å². The lowest BCUT2D eigenvalue weighted by molar-refractivity contribution is -0.137. The van der Waals surface area contributed by atoms with Crippen molar-refractivity contribution in [3.05, 3.63) is 34.6 Å². The summed E-state index contributed by atoms with van der Waals surface area (Å²) in [5, 5.41) is 3.23. The Morgan fingerprint density at radius 2 is 2.04 bits per heavy atom. The monoisotopic (exact) mass is 339 g/mol. The van der Waals surface area contributed by atoms with Gasteiger partial charge in [-0.25, -0.2) is 4.39 Å². The normalized spacial score (nSPS) is 25.1. The number of halogens is 2. The summed E-state index contributed by atoms with van der Waals surface area (Å²) in [5.41, 5.74) is 0.605. The SMILES string of the molecule is CN1C(=O)C[C@H](C(=O)N2CCNCC2)[C@H]1c1ccc(Cl)c(F)c1. The van der Waals surface area contributed by atoms with Crippen molar-refractivity contribution in [3.63, 3.8) is 0 Å². The first kappa shape index (κ1) is 16.2. The fourth-order valence-corrected chi connectivity index (χ4v) is 3.48. The molecule has 0 unspecified atom stereocenters. The summed E-state index contributed by atoms with van der Waals surface area (Å²) in [6.07, 6.45) is 0.161. The molecule has 2 aliphatic rings. The Bertz CT molecular complexity index is 634. The molecule has 0 bridgehead atoms. The van der Waals surface area contributed by atoms with Crippen LogP contribution in [0.25, 0.3) is 0 Å². The predicted molar refractivity (Wildman–Crippen MR) is 84.5 cm³/mol. The smallest absolute Gasteiger partial charge is 0.228 e. The lowest BCUT2D eigenvalue weighted by atomic mass is 9.92. The number of nitrogens with zero attached hydrogens (tertiary/aromatic N) is 2. The van der Waals surface area contributed by atoms with Gasteiger partial charge in [0.05, 0.1) is 17.0 Å². The maximum absolute atomic E-state index is 13.8. The highest BCUT2D eigenvalue weighted by atomic mass is 35.5. The Morgan fingerprint density at radius 1 is 1.35 bits per heavy atom. The minimum atomic E-state index is -0.537. The topological polar surface area (TPSA) is 52.7 Å². The van der Waals surface area contributed by atoms with Crippen LogP contribution in [-0.4, -0.2) is 54.8 Å². The first-order valence-corrected chi connectivity index (χ1v) is 8.07. The van der Waals surface area contributed by atoms with Crippen molar-refractivity contribution in [3.8, 4) is 0 Å². The Balaban J connectivity index is 1.89. The molecule has 1 aromatic rings. The lowest BCUT2D eigenvalue weighted by Crippen LogP contribution is -2.49. The summed E-state index contributed by atoms with van der Waals surface area (Å²) in [5.74, 6) is -1.15. The summed E-state index contributed by atoms with van der Waals surface area (Å²) >= 11 is 5.74. The van der Waals surface area contributed by atoms with Crippen LogP contribution in [0.2, 0.25) is 5.02 Å². The maximum Gasteiger partial charge on any atom is 0.228 e. The summed E-state index contributed by atoms with van der Waals surface area (Å²) in [7, 11) is 1.66. The van der Waals surface area contributed by atoms with Gasteiger partial charge in [-0.2, -0.15) is 0 Å². The number of hydrogen-bond acceptors (Lipinski definition) is 3. The van der Waals surface area contributed by atoms with E-state index in [4.69, 9.17) is 11.6 Å². The Labute approximate surface area is 139 Å². The number of rotatable bonds is 2. The van der Waals surface area contributed by atoms with Crippen molar-refractivity contribution in [1.29, 1.82) is 0 Å². The molecule has 0 aromatic heterocycles. The first-order chi connectivity index (χ1) is 11.0. The van der Waals surface area contributed by atoms with Crippen LogP contribution in [0.15, 0.2) is 18.2 Å². The minimum absolute atomic E-state index is 0.0331. The predicted octanol–water partition coefficient (Wildman–Crippen LogP) is 1.43. The average molecular weight is 340 g/mol. The summed E-state index contributed by atoms with van der Waals surface area (Å²) in [6.45, 7) is 2.77.